The maximum absolute atomic E-state index is 13.5. The summed E-state index contributed by atoms with van der Waals surface area (Å²) in [7, 11) is -2.45. The van der Waals surface area contributed by atoms with Crippen LogP contribution in [0.4, 0.5) is 5.69 Å². The molecule has 7 heteroatoms. The van der Waals surface area contributed by atoms with Crippen LogP contribution in [0.2, 0.25) is 0 Å². The molecule has 0 spiro atoms. The second-order valence-corrected chi connectivity index (χ2v) is 10.1. The van der Waals surface area contributed by atoms with Crippen LogP contribution in [0.1, 0.15) is 36.1 Å². The van der Waals surface area contributed by atoms with Crippen LogP contribution in [0.15, 0.2) is 77.7 Å². The van der Waals surface area contributed by atoms with Crippen LogP contribution in [-0.4, -0.2) is 28.0 Å². The summed E-state index contributed by atoms with van der Waals surface area (Å²) in [6.45, 7) is 1.59. The number of para-hydroxylation sites is 1. The third kappa shape index (κ3) is 5.03. The van der Waals surface area contributed by atoms with Crippen molar-refractivity contribution in [3.8, 4) is 5.75 Å². The fourth-order valence-corrected chi connectivity index (χ4v) is 5.57. The molecule has 0 fully saturated rings. The van der Waals surface area contributed by atoms with E-state index in [-0.39, 0.29) is 23.4 Å². The molecule has 1 N–H and O–H groups in total. The summed E-state index contributed by atoms with van der Waals surface area (Å²) in [5.74, 6) is 0.185. The Balaban J connectivity index is 1.55. The Morgan fingerprint density at radius 1 is 1.00 bits per heavy atom. The minimum absolute atomic E-state index is 0.0895. The first kappa shape index (κ1) is 22.9. The van der Waals surface area contributed by atoms with Crippen molar-refractivity contribution in [3.63, 3.8) is 0 Å². The van der Waals surface area contributed by atoms with Gasteiger partial charge in [-0.3, -0.25) is 9.10 Å². The Hall–Kier alpha value is -3.32. The van der Waals surface area contributed by atoms with Gasteiger partial charge >= 0.3 is 0 Å². The Bertz CT molecular complexity index is 1220. The lowest BCUT2D eigenvalue weighted by Gasteiger charge is -2.25. The minimum Gasteiger partial charge on any atom is -0.497 e. The number of benzene rings is 3. The summed E-state index contributed by atoms with van der Waals surface area (Å²) in [6.07, 6.45) is 3.33. The number of carbonyl (C=O) groups excluding carboxylic acids is 1. The molecule has 0 saturated carbocycles. The van der Waals surface area contributed by atoms with Crippen LogP contribution in [0, 0.1) is 0 Å². The number of sulfonamides is 1. The van der Waals surface area contributed by atoms with Gasteiger partial charge in [-0.25, -0.2) is 8.42 Å². The van der Waals surface area contributed by atoms with Crippen molar-refractivity contribution in [1.29, 1.82) is 0 Å². The van der Waals surface area contributed by atoms with Crippen LogP contribution >= 0.6 is 0 Å². The molecular formula is C26H28N2O4S. The molecule has 0 aromatic heterocycles. The third-order valence-electron chi connectivity index (χ3n) is 5.98. The summed E-state index contributed by atoms with van der Waals surface area (Å²) in [4.78, 5) is 13.1. The Morgan fingerprint density at radius 2 is 1.70 bits per heavy atom. The molecule has 0 bridgehead atoms. The number of hydrogen-bond donors (Lipinski definition) is 1. The first-order chi connectivity index (χ1) is 15.9. The van der Waals surface area contributed by atoms with Gasteiger partial charge in [-0.2, -0.15) is 0 Å². The maximum atomic E-state index is 13.5. The number of aryl methyl sites for hydroxylation is 2. The largest absolute Gasteiger partial charge is 0.497 e. The number of carbonyl (C=O) groups is 1. The number of hydrogen-bond acceptors (Lipinski definition) is 4. The highest BCUT2D eigenvalue weighted by Crippen LogP contribution is 2.27. The molecule has 3 aromatic carbocycles. The maximum Gasteiger partial charge on any atom is 0.264 e. The molecular weight excluding hydrogens is 436 g/mol. The summed E-state index contributed by atoms with van der Waals surface area (Å²) in [6, 6.07) is 20.9. The van der Waals surface area contributed by atoms with Crippen molar-refractivity contribution in [3.05, 3.63) is 89.5 Å². The van der Waals surface area contributed by atoms with E-state index in [1.807, 2.05) is 13.0 Å². The highest BCUT2D eigenvalue weighted by molar-refractivity contribution is 7.92. The van der Waals surface area contributed by atoms with Crippen molar-refractivity contribution >= 4 is 21.6 Å². The van der Waals surface area contributed by atoms with Gasteiger partial charge < -0.3 is 10.1 Å². The van der Waals surface area contributed by atoms with Crippen LogP contribution in [0.5, 0.6) is 5.75 Å². The molecule has 0 heterocycles. The number of nitrogens with one attached hydrogen (secondary N) is 1. The van der Waals surface area contributed by atoms with Gasteiger partial charge in [-0.1, -0.05) is 36.4 Å². The zero-order valence-corrected chi connectivity index (χ0v) is 19.6. The van der Waals surface area contributed by atoms with E-state index in [1.54, 1.807) is 42.5 Å². The molecule has 1 aliphatic carbocycles. The number of rotatable bonds is 8. The van der Waals surface area contributed by atoms with E-state index >= 15 is 0 Å². The zero-order valence-electron chi connectivity index (χ0n) is 18.8. The first-order valence-corrected chi connectivity index (χ1v) is 12.5. The number of ether oxygens (including phenoxy) is 1. The highest BCUT2D eigenvalue weighted by atomic mass is 32.2. The lowest BCUT2D eigenvalue weighted by Crippen LogP contribution is -2.41. The van der Waals surface area contributed by atoms with Crippen molar-refractivity contribution in [2.75, 3.05) is 18.0 Å². The number of fused-ring (bicyclic) bond motifs is 1. The van der Waals surface area contributed by atoms with E-state index in [0.717, 1.165) is 29.1 Å². The Labute approximate surface area is 195 Å². The Morgan fingerprint density at radius 3 is 2.39 bits per heavy atom. The van der Waals surface area contributed by atoms with E-state index in [1.165, 1.54) is 30.4 Å². The predicted molar refractivity (Wildman–Crippen MR) is 129 cm³/mol. The van der Waals surface area contributed by atoms with Gasteiger partial charge in [-0.15, -0.1) is 0 Å². The fraction of sp³-hybridized carbons (Fsp3) is 0.269. The molecule has 1 unspecified atom stereocenters. The predicted octanol–water partition coefficient (Wildman–Crippen LogP) is 4.26. The average Bonchev–Trinajstić information content (AvgIpc) is 3.31. The standard InChI is InChI=1S/C26H28N2O4S/c1-19(21-12-11-20-7-6-8-22(20)17-21)27-26(29)18-28(23-9-4-3-5-10-23)33(30,31)25-15-13-24(32-2)14-16-25/h3-5,9-17,19H,6-8,18H2,1-2H3,(H,27,29). The van der Waals surface area contributed by atoms with E-state index in [2.05, 4.69) is 17.4 Å². The van der Waals surface area contributed by atoms with Crippen LogP contribution in [0.25, 0.3) is 0 Å². The average molecular weight is 465 g/mol. The monoisotopic (exact) mass is 464 g/mol. The topological polar surface area (TPSA) is 75.7 Å². The molecule has 1 aliphatic rings. The number of nitrogens with zero attached hydrogens (tertiary/aromatic N) is 1. The van der Waals surface area contributed by atoms with Crippen molar-refractivity contribution in [1.82, 2.24) is 5.32 Å². The van der Waals surface area contributed by atoms with E-state index in [0.29, 0.717) is 11.4 Å². The van der Waals surface area contributed by atoms with Crippen molar-refractivity contribution < 1.29 is 17.9 Å². The lowest BCUT2D eigenvalue weighted by atomic mass is 10.0. The molecule has 3 aromatic rings. The molecule has 6 nitrogen and oxygen atoms in total. The second-order valence-electron chi connectivity index (χ2n) is 8.19. The number of anilines is 1. The summed E-state index contributed by atoms with van der Waals surface area (Å²) < 4.78 is 33.2. The minimum atomic E-state index is -3.97. The zero-order chi connectivity index (χ0) is 23.4. The normalized spacial score (nSPS) is 13.8. The first-order valence-electron chi connectivity index (χ1n) is 11.0. The van der Waals surface area contributed by atoms with Gasteiger partial charge in [0, 0.05) is 0 Å². The quantitative estimate of drug-likeness (QED) is 0.541. The molecule has 1 atom stereocenters. The van der Waals surface area contributed by atoms with Gasteiger partial charge in [0.25, 0.3) is 10.0 Å². The van der Waals surface area contributed by atoms with Crippen molar-refractivity contribution in [2.24, 2.45) is 0 Å². The molecule has 1 amide bonds. The van der Waals surface area contributed by atoms with Gasteiger partial charge in [-0.05, 0) is 79.3 Å². The van der Waals surface area contributed by atoms with Crippen LogP contribution in [0.3, 0.4) is 0 Å². The molecule has 0 saturated heterocycles. The van der Waals surface area contributed by atoms with Gasteiger partial charge in [0.15, 0.2) is 0 Å². The number of amides is 1. The summed E-state index contributed by atoms with van der Waals surface area (Å²) in [5, 5.41) is 2.96. The fourth-order valence-electron chi connectivity index (χ4n) is 4.15. The van der Waals surface area contributed by atoms with Gasteiger partial charge in [0.05, 0.1) is 23.7 Å². The van der Waals surface area contributed by atoms with Crippen LogP contribution < -0.4 is 14.4 Å². The van der Waals surface area contributed by atoms with Gasteiger partial charge in [0.2, 0.25) is 5.91 Å². The smallest absolute Gasteiger partial charge is 0.264 e. The highest BCUT2D eigenvalue weighted by Gasteiger charge is 2.28. The number of methoxy groups -OCH3 is 1. The summed E-state index contributed by atoms with van der Waals surface area (Å²) in [5.41, 5.74) is 4.15. The van der Waals surface area contributed by atoms with Crippen LogP contribution in [-0.2, 0) is 27.7 Å². The molecule has 0 radical (unpaired) electrons. The Kier molecular flexibility index (Phi) is 6.70. The summed E-state index contributed by atoms with van der Waals surface area (Å²) >= 11 is 0. The SMILES string of the molecule is COc1ccc(S(=O)(=O)N(CC(=O)NC(C)c2ccc3c(c2)CCC3)c2ccccc2)cc1. The van der Waals surface area contributed by atoms with E-state index in [9.17, 15) is 13.2 Å². The molecule has 172 valence electrons. The van der Waals surface area contributed by atoms with E-state index < -0.39 is 10.0 Å². The van der Waals surface area contributed by atoms with Crippen molar-refractivity contribution in [2.45, 2.75) is 37.1 Å². The molecule has 0 aliphatic heterocycles. The lowest BCUT2D eigenvalue weighted by molar-refractivity contribution is -0.120. The molecule has 33 heavy (non-hydrogen) atoms. The third-order valence-corrected chi connectivity index (χ3v) is 7.77. The van der Waals surface area contributed by atoms with Gasteiger partial charge in [0.1, 0.15) is 12.3 Å². The van der Waals surface area contributed by atoms with E-state index in [4.69, 9.17) is 4.74 Å². The second kappa shape index (κ2) is 9.67. The molecule has 4 rings (SSSR count).